The number of aliphatic hydroxyl groups is 1. The van der Waals surface area contributed by atoms with E-state index < -0.39 is 12.1 Å². The number of hydrogen-bond acceptors (Lipinski definition) is 6. The minimum absolute atomic E-state index is 0.438. The Hall–Kier alpha value is -4.34. The molecule has 1 atom stereocenters. The van der Waals surface area contributed by atoms with Gasteiger partial charge in [0.25, 0.3) is 5.91 Å². The Morgan fingerprint density at radius 1 is 0.773 bits per heavy atom. The van der Waals surface area contributed by atoms with Gasteiger partial charge in [0.1, 0.15) is 12.4 Å². The van der Waals surface area contributed by atoms with Crippen molar-refractivity contribution in [2.45, 2.75) is 19.7 Å². The SMILES string of the molecule is CN1C(=O)C(O)N=C(c2ccccc2Cl)c2cc(Cl)ccc21.Cc1nnc2n1-c1ccc(Cl)cc1C(c1ccccc1)=NC2. The van der Waals surface area contributed by atoms with Crippen LogP contribution in [0, 0.1) is 6.92 Å². The van der Waals surface area contributed by atoms with Gasteiger partial charge in [-0.05, 0) is 49.4 Å². The van der Waals surface area contributed by atoms with Crippen LogP contribution in [0.15, 0.2) is 101 Å². The molecule has 0 radical (unpaired) electrons. The van der Waals surface area contributed by atoms with Gasteiger partial charge in [0.15, 0.2) is 5.82 Å². The van der Waals surface area contributed by atoms with Gasteiger partial charge in [-0.2, -0.15) is 0 Å². The Kier molecular flexibility index (Phi) is 8.33. The molecule has 220 valence electrons. The van der Waals surface area contributed by atoms with Crippen LogP contribution in [0.4, 0.5) is 5.69 Å². The van der Waals surface area contributed by atoms with Crippen LogP contribution in [-0.4, -0.2) is 50.5 Å². The van der Waals surface area contributed by atoms with E-state index >= 15 is 0 Å². The number of aromatic nitrogens is 3. The fourth-order valence-electron chi connectivity index (χ4n) is 5.19. The van der Waals surface area contributed by atoms with Gasteiger partial charge in [-0.15, -0.1) is 10.2 Å². The molecule has 7 rings (SSSR count). The second-order valence-corrected chi connectivity index (χ2v) is 11.4. The summed E-state index contributed by atoms with van der Waals surface area (Å²) < 4.78 is 2.05. The lowest BCUT2D eigenvalue weighted by Crippen LogP contribution is -2.34. The predicted molar refractivity (Wildman–Crippen MR) is 175 cm³/mol. The van der Waals surface area contributed by atoms with Crippen LogP contribution < -0.4 is 4.90 Å². The minimum atomic E-state index is -1.48. The number of carbonyl (C=O) groups excluding carboxylic acids is 1. The molecule has 5 aromatic rings. The van der Waals surface area contributed by atoms with E-state index in [1.807, 2.05) is 54.0 Å². The average Bonchev–Trinajstić information content (AvgIpc) is 3.26. The molecule has 8 nitrogen and oxygen atoms in total. The van der Waals surface area contributed by atoms with Gasteiger partial charge < -0.3 is 10.0 Å². The molecule has 0 aliphatic carbocycles. The van der Waals surface area contributed by atoms with Crippen molar-refractivity contribution < 1.29 is 9.90 Å². The normalized spacial score (nSPS) is 15.5. The van der Waals surface area contributed by atoms with Gasteiger partial charge in [0.05, 0.1) is 22.8 Å². The van der Waals surface area contributed by atoms with Crippen LogP contribution in [0.3, 0.4) is 0 Å². The molecule has 1 N–H and O–H groups in total. The number of aliphatic imine (C=N–C) groups is 2. The summed E-state index contributed by atoms with van der Waals surface area (Å²) in [5.41, 5.74) is 6.36. The highest BCUT2D eigenvalue weighted by Gasteiger charge is 2.29. The molecular weight excluding hydrogens is 619 g/mol. The van der Waals surface area contributed by atoms with Crippen LogP contribution in [0.1, 0.15) is 33.9 Å². The number of halogens is 3. The molecule has 1 unspecified atom stereocenters. The Bertz CT molecular complexity index is 1950. The third kappa shape index (κ3) is 5.65. The van der Waals surface area contributed by atoms with Crippen LogP contribution in [0.25, 0.3) is 5.69 Å². The molecule has 1 aromatic heterocycles. The molecule has 4 aromatic carbocycles. The summed E-state index contributed by atoms with van der Waals surface area (Å²) in [6, 6.07) is 28.2. The van der Waals surface area contributed by atoms with E-state index in [9.17, 15) is 9.90 Å². The molecule has 44 heavy (non-hydrogen) atoms. The third-order valence-corrected chi connectivity index (χ3v) is 8.08. The maximum atomic E-state index is 12.2. The number of carbonyl (C=O) groups is 1. The second kappa shape index (κ2) is 12.3. The Labute approximate surface area is 268 Å². The molecule has 0 saturated carbocycles. The number of nitrogens with zero attached hydrogens (tertiary/aromatic N) is 6. The summed E-state index contributed by atoms with van der Waals surface area (Å²) in [5.74, 6) is 1.18. The van der Waals surface area contributed by atoms with E-state index in [-0.39, 0.29) is 0 Å². The Morgan fingerprint density at radius 3 is 2.11 bits per heavy atom. The van der Waals surface area contributed by atoms with Crippen LogP contribution in [0.2, 0.25) is 15.1 Å². The van der Waals surface area contributed by atoms with Crippen molar-refractivity contribution >= 4 is 57.8 Å². The highest BCUT2D eigenvalue weighted by atomic mass is 35.5. The number of hydrogen-bond donors (Lipinski definition) is 1. The van der Waals surface area contributed by atoms with Crippen molar-refractivity contribution in [2.75, 3.05) is 11.9 Å². The van der Waals surface area contributed by atoms with Gasteiger partial charge in [-0.3, -0.25) is 14.4 Å². The fourth-order valence-corrected chi connectivity index (χ4v) is 5.76. The van der Waals surface area contributed by atoms with Crippen molar-refractivity contribution in [3.63, 3.8) is 0 Å². The van der Waals surface area contributed by atoms with Crippen molar-refractivity contribution in [2.24, 2.45) is 9.98 Å². The van der Waals surface area contributed by atoms with E-state index in [2.05, 4.69) is 27.3 Å². The predicted octanol–water partition coefficient (Wildman–Crippen LogP) is 6.71. The minimum Gasteiger partial charge on any atom is -0.364 e. The van der Waals surface area contributed by atoms with Gasteiger partial charge in [-0.25, -0.2) is 4.99 Å². The molecule has 1 amide bonds. The van der Waals surface area contributed by atoms with Crippen molar-refractivity contribution in [1.82, 2.24) is 14.8 Å². The van der Waals surface area contributed by atoms with Gasteiger partial charge >= 0.3 is 0 Å². The number of likely N-dealkylation sites (N-methyl/N-ethyl adjacent to an activating group) is 1. The topological polar surface area (TPSA) is 96.0 Å². The lowest BCUT2D eigenvalue weighted by Gasteiger charge is -2.18. The Morgan fingerprint density at radius 2 is 1.41 bits per heavy atom. The summed E-state index contributed by atoms with van der Waals surface area (Å²) in [6.45, 7) is 2.44. The van der Waals surface area contributed by atoms with Gasteiger partial charge in [0.2, 0.25) is 6.23 Å². The summed E-state index contributed by atoms with van der Waals surface area (Å²) >= 11 is 18.6. The molecule has 0 saturated heterocycles. The number of amides is 1. The highest BCUT2D eigenvalue weighted by molar-refractivity contribution is 6.37. The summed E-state index contributed by atoms with van der Waals surface area (Å²) in [7, 11) is 1.59. The largest absolute Gasteiger partial charge is 0.364 e. The molecule has 0 spiro atoms. The standard InChI is InChI=1S/C17H13ClN4.C16H12Cl2N2O2/c1-11-20-21-16-10-19-17(12-5-3-2-4-6-12)14-9-13(18)7-8-15(14)22(11)16;1-20-13-7-6-9(17)8-11(13)14(19-15(21)16(20)22)10-4-2-3-5-12(10)18/h2-9H,10H2,1H3;2-8,15,21H,1H3. The van der Waals surface area contributed by atoms with E-state index in [0.717, 1.165) is 34.2 Å². The smallest absolute Gasteiger partial charge is 0.278 e. The first-order chi connectivity index (χ1) is 21.2. The number of aryl methyl sites for hydroxylation is 1. The van der Waals surface area contributed by atoms with Gasteiger partial charge in [0, 0.05) is 44.4 Å². The van der Waals surface area contributed by atoms with Crippen molar-refractivity contribution in [3.05, 3.63) is 140 Å². The number of aliphatic hydroxyl groups excluding tert-OH is 1. The lowest BCUT2D eigenvalue weighted by atomic mass is 10.0. The van der Waals surface area contributed by atoms with Gasteiger partial charge in [-0.1, -0.05) is 83.3 Å². The Balaban J connectivity index is 0.000000156. The van der Waals surface area contributed by atoms with E-state index in [1.54, 1.807) is 43.4 Å². The molecule has 0 fully saturated rings. The lowest BCUT2D eigenvalue weighted by molar-refractivity contribution is -0.125. The first-order valence-corrected chi connectivity index (χ1v) is 14.8. The van der Waals surface area contributed by atoms with E-state index in [0.29, 0.717) is 44.1 Å². The number of anilines is 1. The molecule has 11 heteroatoms. The summed E-state index contributed by atoms with van der Waals surface area (Å²) in [5, 5.41) is 20.1. The monoisotopic (exact) mass is 642 g/mol. The van der Waals surface area contributed by atoms with Crippen LogP contribution >= 0.6 is 34.8 Å². The molecule has 3 heterocycles. The summed E-state index contributed by atoms with van der Waals surface area (Å²) in [4.78, 5) is 22.4. The maximum absolute atomic E-state index is 12.2. The van der Waals surface area contributed by atoms with E-state index in [4.69, 9.17) is 39.8 Å². The number of fused-ring (bicyclic) bond motifs is 4. The zero-order chi connectivity index (χ0) is 31.0. The van der Waals surface area contributed by atoms with Crippen LogP contribution in [-0.2, 0) is 11.3 Å². The third-order valence-electron chi connectivity index (χ3n) is 7.28. The highest BCUT2D eigenvalue weighted by Crippen LogP contribution is 2.32. The number of benzene rings is 4. The molecular formula is C33H25Cl3N6O2. The quantitative estimate of drug-likeness (QED) is 0.231. The molecule has 2 aliphatic heterocycles. The zero-order valence-corrected chi connectivity index (χ0v) is 25.9. The number of rotatable bonds is 2. The maximum Gasteiger partial charge on any atom is 0.278 e. The average molecular weight is 644 g/mol. The fraction of sp³-hybridized carbons (Fsp3) is 0.121. The van der Waals surface area contributed by atoms with Crippen molar-refractivity contribution in [3.8, 4) is 5.69 Å². The second-order valence-electron chi connectivity index (χ2n) is 10.1. The molecule has 0 bridgehead atoms. The first kappa shape index (κ1) is 29.7. The first-order valence-electron chi connectivity index (χ1n) is 13.6. The van der Waals surface area contributed by atoms with E-state index in [1.165, 1.54) is 4.90 Å². The van der Waals surface area contributed by atoms with Crippen molar-refractivity contribution in [1.29, 1.82) is 0 Å². The van der Waals surface area contributed by atoms with Crippen LogP contribution in [0.5, 0.6) is 0 Å². The zero-order valence-electron chi connectivity index (χ0n) is 23.6. The molecule has 2 aliphatic rings. The summed E-state index contributed by atoms with van der Waals surface area (Å²) in [6.07, 6.45) is -1.48. The number of benzodiazepines with no additional fused rings is 1.